The highest BCUT2D eigenvalue weighted by atomic mass is 32.1. The van der Waals surface area contributed by atoms with Crippen LogP contribution < -0.4 is 32.1 Å². The minimum absolute atomic E-state index is 0.155. The smallest absolute Gasteiger partial charge is 0.229 e. The van der Waals surface area contributed by atoms with Crippen molar-refractivity contribution in [2.75, 3.05) is 19.8 Å². The Labute approximate surface area is 226 Å². The van der Waals surface area contributed by atoms with Crippen molar-refractivity contribution in [1.29, 1.82) is 0 Å². The number of hydrogen-bond acceptors (Lipinski definition) is 8. The molecule has 2 heterocycles. The Bertz CT molecular complexity index is 1190. The van der Waals surface area contributed by atoms with Gasteiger partial charge in [-0.1, -0.05) is 27.7 Å². The average Bonchev–Trinajstić information content (AvgIpc) is 2.79. The van der Waals surface area contributed by atoms with Crippen LogP contribution in [0.5, 0.6) is 11.5 Å². The fourth-order valence-electron chi connectivity index (χ4n) is 3.63. The molecule has 0 saturated carbocycles. The van der Waals surface area contributed by atoms with Gasteiger partial charge in [-0.05, 0) is 54.5 Å². The Morgan fingerprint density at radius 2 is 1.41 bits per heavy atom. The Kier molecular flexibility index (Phi) is 10.9. The van der Waals surface area contributed by atoms with Crippen molar-refractivity contribution in [1.82, 2.24) is 21.3 Å². The van der Waals surface area contributed by atoms with E-state index in [-0.39, 0.29) is 16.6 Å². The predicted molar refractivity (Wildman–Crippen MR) is 150 cm³/mol. The normalized spacial score (nSPS) is 11.6. The summed E-state index contributed by atoms with van der Waals surface area (Å²) in [5, 5.41) is 32.2. The Morgan fingerprint density at radius 3 is 1.97 bits per heavy atom. The van der Waals surface area contributed by atoms with Gasteiger partial charge in [-0.25, -0.2) is 0 Å². The van der Waals surface area contributed by atoms with Crippen molar-refractivity contribution in [3.8, 4) is 11.5 Å². The highest BCUT2D eigenvalue weighted by Gasteiger charge is 2.22. The molecule has 0 aliphatic carbocycles. The molecule has 0 unspecified atom stereocenters. The molecular weight excluding hydrogens is 516 g/mol. The maximum atomic E-state index is 12.0. The summed E-state index contributed by atoms with van der Waals surface area (Å²) in [6.07, 6.45) is 5.99. The molecule has 0 radical (unpaired) electrons. The molecule has 0 bridgehead atoms. The Hall–Kier alpha value is -3.12. The van der Waals surface area contributed by atoms with Crippen LogP contribution in [0, 0.1) is 10.8 Å². The summed E-state index contributed by atoms with van der Waals surface area (Å²) in [6.45, 7) is 9.74. The fourth-order valence-corrected chi connectivity index (χ4v) is 3.98. The first kappa shape index (κ1) is 30.1. The lowest BCUT2D eigenvalue weighted by Crippen LogP contribution is -2.46. The van der Waals surface area contributed by atoms with Crippen molar-refractivity contribution < 1.29 is 19.0 Å². The zero-order valence-corrected chi connectivity index (χ0v) is 23.2. The molecule has 0 fully saturated rings. The van der Waals surface area contributed by atoms with E-state index < -0.39 is 16.6 Å². The van der Waals surface area contributed by atoms with E-state index >= 15 is 0 Å². The van der Waals surface area contributed by atoms with Crippen LogP contribution in [-0.4, -0.2) is 40.2 Å². The van der Waals surface area contributed by atoms with Crippen molar-refractivity contribution in [3.63, 3.8) is 0 Å². The van der Waals surface area contributed by atoms with Crippen LogP contribution in [0.15, 0.2) is 43.3 Å². The maximum Gasteiger partial charge on any atom is 0.229 e. The van der Waals surface area contributed by atoms with Crippen LogP contribution in [0.4, 0.5) is 0 Å². The van der Waals surface area contributed by atoms with Crippen LogP contribution in [-0.2, 0) is 12.8 Å². The van der Waals surface area contributed by atoms with E-state index in [4.69, 9.17) is 33.3 Å². The molecule has 0 aliphatic heterocycles. The second kappa shape index (κ2) is 13.4. The summed E-state index contributed by atoms with van der Waals surface area (Å²) in [7, 11) is 0. The lowest BCUT2D eigenvalue weighted by atomic mass is 9.83. The summed E-state index contributed by atoms with van der Waals surface area (Å²) in [6, 6.07) is 1.31. The van der Waals surface area contributed by atoms with E-state index in [0.29, 0.717) is 54.1 Å². The minimum atomic E-state index is -0.452. The number of hydrogen-bond donors (Lipinski definition) is 6. The van der Waals surface area contributed by atoms with Crippen molar-refractivity contribution >= 4 is 34.7 Å². The highest BCUT2D eigenvalue weighted by Crippen LogP contribution is 2.26. The SMILES string of the molecule is CC(C)(CCNC(=S)NCNC(=S)NCCC(C)(C)Cc1cocc(O)c1=O)Cc1cc(=O)c(O)co1. The van der Waals surface area contributed by atoms with E-state index in [1.807, 2.05) is 13.8 Å². The molecule has 0 aliphatic rings. The third kappa shape index (κ3) is 10.8. The lowest BCUT2D eigenvalue weighted by molar-refractivity contribution is 0.298. The summed E-state index contributed by atoms with van der Waals surface area (Å²) in [4.78, 5) is 23.6. The number of nitrogens with one attached hydrogen (secondary N) is 4. The molecule has 0 spiro atoms. The lowest BCUT2D eigenvalue weighted by Gasteiger charge is -2.25. The van der Waals surface area contributed by atoms with Gasteiger partial charge in [0.1, 0.15) is 18.3 Å². The van der Waals surface area contributed by atoms with E-state index in [0.717, 1.165) is 25.4 Å². The highest BCUT2D eigenvalue weighted by molar-refractivity contribution is 7.80. The van der Waals surface area contributed by atoms with Gasteiger partial charge in [0.25, 0.3) is 0 Å². The number of thiocarbonyl (C=S) groups is 2. The Morgan fingerprint density at radius 1 is 0.838 bits per heavy atom. The van der Waals surface area contributed by atoms with Crippen molar-refractivity contribution in [2.45, 2.75) is 53.4 Å². The summed E-state index contributed by atoms with van der Waals surface area (Å²) < 4.78 is 10.3. The zero-order valence-electron chi connectivity index (χ0n) is 21.6. The second-order valence-electron chi connectivity index (χ2n) is 10.4. The molecule has 2 aromatic heterocycles. The molecule has 2 aromatic rings. The van der Waals surface area contributed by atoms with E-state index in [1.165, 1.54) is 12.3 Å². The van der Waals surface area contributed by atoms with Crippen LogP contribution in [0.1, 0.15) is 51.9 Å². The van der Waals surface area contributed by atoms with E-state index in [9.17, 15) is 19.8 Å². The fraction of sp³-hybridized carbons (Fsp3) is 0.520. The molecule has 204 valence electrons. The van der Waals surface area contributed by atoms with Crippen LogP contribution in [0.25, 0.3) is 0 Å². The first-order valence-electron chi connectivity index (χ1n) is 11.9. The first-order valence-corrected chi connectivity index (χ1v) is 12.7. The molecule has 0 atom stereocenters. The van der Waals surface area contributed by atoms with Crippen LogP contribution >= 0.6 is 24.4 Å². The van der Waals surface area contributed by atoms with Gasteiger partial charge in [0.15, 0.2) is 21.7 Å². The van der Waals surface area contributed by atoms with Crippen molar-refractivity contribution in [2.24, 2.45) is 10.8 Å². The molecule has 12 heteroatoms. The van der Waals surface area contributed by atoms with Gasteiger partial charge in [-0.2, -0.15) is 0 Å². The molecular formula is C25H36N4O6S2. The summed E-state index contributed by atoms with van der Waals surface area (Å²) in [5.74, 6) is -0.260. The third-order valence-corrected chi connectivity index (χ3v) is 6.35. The monoisotopic (exact) mass is 552 g/mol. The number of aromatic hydroxyl groups is 2. The van der Waals surface area contributed by atoms with Gasteiger partial charge >= 0.3 is 0 Å². The quantitative estimate of drug-likeness (QED) is 0.170. The molecule has 0 amide bonds. The molecule has 2 rings (SSSR count). The molecule has 0 saturated heterocycles. The second-order valence-corrected chi connectivity index (χ2v) is 11.2. The maximum absolute atomic E-state index is 12.0. The summed E-state index contributed by atoms with van der Waals surface area (Å²) in [5.41, 5.74) is -0.791. The topological polar surface area (TPSA) is 149 Å². The molecule has 0 aromatic carbocycles. The largest absolute Gasteiger partial charge is 0.502 e. The minimum Gasteiger partial charge on any atom is -0.502 e. The third-order valence-electron chi connectivity index (χ3n) is 5.78. The van der Waals surface area contributed by atoms with E-state index in [2.05, 4.69) is 35.1 Å². The van der Waals surface area contributed by atoms with Gasteiger partial charge in [0.2, 0.25) is 10.9 Å². The summed E-state index contributed by atoms with van der Waals surface area (Å²) >= 11 is 10.6. The molecule has 6 N–H and O–H groups in total. The Balaban J connectivity index is 1.62. The van der Waals surface area contributed by atoms with Gasteiger partial charge in [-0.15, -0.1) is 0 Å². The average molecular weight is 553 g/mol. The number of rotatable bonds is 12. The van der Waals surface area contributed by atoms with Crippen LogP contribution in [0.2, 0.25) is 0 Å². The van der Waals surface area contributed by atoms with Gasteiger partial charge in [0.05, 0.1) is 12.9 Å². The zero-order chi connectivity index (χ0) is 27.6. The van der Waals surface area contributed by atoms with E-state index in [1.54, 1.807) is 0 Å². The van der Waals surface area contributed by atoms with Gasteiger partial charge < -0.3 is 40.3 Å². The van der Waals surface area contributed by atoms with Gasteiger partial charge in [-0.3, -0.25) is 9.59 Å². The van der Waals surface area contributed by atoms with Crippen LogP contribution in [0.3, 0.4) is 0 Å². The van der Waals surface area contributed by atoms with Gasteiger partial charge in [0, 0.05) is 31.1 Å². The molecule has 37 heavy (non-hydrogen) atoms. The molecule has 10 nitrogen and oxygen atoms in total. The predicted octanol–water partition coefficient (Wildman–Crippen LogP) is 2.51. The van der Waals surface area contributed by atoms with Crippen molar-refractivity contribution in [3.05, 3.63) is 56.6 Å². The standard InChI is InChI=1S/C25H36N4O6S2/c1-24(2,10-16-12-34-13-20(32)21(16)33)5-7-26-22(36)28-15-29-23(37)27-8-6-25(3,4)11-17-9-18(30)19(31)14-35-17/h9,12-14,31-32H,5-8,10-11,15H2,1-4H3,(H2,26,28,36)(H2,27,29,37). The first-order chi connectivity index (χ1) is 17.3.